The van der Waals surface area contributed by atoms with Gasteiger partial charge < -0.3 is 19.7 Å². The van der Waals surface area contributed by atoms with Crippen LogP contribution in [-0.2, 0) is 18.3 Å². The Morgan fingerprint density at radius 1 is 1.19 bits per heavy atom. The van der Waals surface area contributed by atoms with Crippen LogP contribution >= 0.6 is 15.9 Å². The summed E-state index contributed by atoms with van der Waals surface area (Å²) in [6, 6.07) is 14.7. The van der Waals surface area contributed by atoms with E-state index in [-0.39, 0.29) is 5.41 Å². The van der Waals surface area contributed by atoms with Crippen LogP contribution in [0.1, 0.15) is 36.1 Å². The maximum atomic E-state index is 12.5. The number of rotatable bonds is 4. The van der Waals surface area contributed by atoms with Crippen LogP contribution in [0.25, 0.3) is 10.9 Å². The largest absolute Gasteiger partial charge is 0.497 e. The minimum absolute atomic E-state index is 0.318. The minimum Gasteiger partial charge on any atom is -0.497 e. The molecule has 31 heavy (non-hydrogen) atoms. The lowest BCUT2D eigenvalue weighted by Crippen LogP contribution is -2.66. The van der Waals surface area contributed by atoms with Gasteiger partial charge in [-0.1, -0.05) is 34.1 Å². The van der Waals surface area contributed by atoms with Gasteiger partial charge in [-0.15, -0.1) is 0 Å². The van der Waals surface area contributed by atoms with E-state index in [4.69, 9.17) is 4.74 Å². The number of aromatic nitrogens is 1. The number of nitrogens with one attached hydrogen (secondary N) is 1. The summed E-state index contributed by atoms with van der Waals surface area (Å²) in [7, 11) is 1.72. The van der Waals surface area contributed by atoms with Crippen molar-refractivity contribution >= 4 is 26.8 Å². The number of β-amino-alcohol motifs (C(OH)–C–C–N with tert-alkyl or cyclic N) is 1. The summed E-state index contributed by atoms with van der Waals surface area (Å²) in [5.74, 6) is 1.69. The van der Waals surface area contributed by atoms with E-state index >= 15 is 0 Å². The molecule has 2 heterocycles. The molecule has 2 aromatic carbocycles. The van der Waals surface area contributed by atoms with Crippen LogP contribution in [0.4, 0.5) is 0 Å². The number of ether oxygens (including phenoxy) is 1. The summed E-state index contributed by atoms with van der Waals surface area (Å²) < 4.78 is 6.67. The number of benzene rings is 2. The van der Waals surface area contributed by atoms with Crippen molar-refractivity contribution in [2.24, 2.45) is 5.92 Å². The topological polar surface area (TPSA) is 48.5 Å². The van der Waals surface area contributed by atoms with E-state index in [9.17, 15) is 5.11 Å². The highest BCUT2D eigenvalue weighted by atomic mass is 79.9. The predicted octanol–water partition coefficient (Wildman–Crippen LogP) is 4.82. The molecule has 1 saturated heterocycles. The summed E-state index contributed by atoms with van der Waals surface area (Å²) in [5.41, 5.74) is 3.76. The lowest BCUT2D eigenvalue weighted by Gasteiger charge is -2.56. The third-order valence-electron chi connectivity index (χ3n) is 7.98. The highest BCUT2D eigenvalue weighted by Crippen LogP contribution is 2.52. The fraction of sp³-hybridized carbons (Fsp3) is 0.462. The quantitative estimate of drug-likeness (QED) is 0.562. The van der Waals surface area contributed by atoms with Crippen molar-refractivity contribution in [3.05, 3.63) is 63.8 Å². The van der Waals surface area contributed by atoms with Crippen molar-refractivity contribution in [2.45, 2.75) is 43.1 Å². The summed E-state index contributed by atoms with van der Waals surface area (Å²) in [5, 5.41) is 13.7. The molecule has 3 aromatic rings. The molecule has 2 fully saturated rings. The Bertz CT molecular complexity index is 1150. The fourth-order valence-corrected chi connectivity index (χ4v) is 6.79. The van der Waals surface area contributed by atoms with Gasteiger partial charge in [0.1, 0.15) is 5.75 Å². The van der Waals surface area contributed by atoms with Crippen LogP contribution in [0.3, 0.4) is 0 Å². The molecular formula is C26H29BrN2O2. The third-order valence-corrected chi connectivity index (χ3v) is 8.64. The monoisotopic (exact) mass is 480 g/mol. The van der Waals surface area contributed by atoms with E-state index in [0.29, 0.717) is 6.42 Å². The van der Waals surface area contributed by atoms with Crippen LogP contribution in [0, 0.1) is 5.92 Å². The second-order valence-corrected chi connectivity index (χ2v) is 10.7. The van der Waals surface area contributed by atoms with Crippen LogP contribution in [0.5, 0.6) is 5.75 Å². The molecule has 0 unspecified atom stereocenters. The average Bonchev–Trinajstić information content (AvgIpc) is 3.51. The standard InChI is InChI=1S/C26H29BrN2O2/c1-31-19-5-2-4-18(12-19)25-10-11-29(15-17-8-9-17)16-26(25,30)13-20-23(14-25)28-22-7-3-6-21(27)24(20)22/h2-7,12,17,28,30H,8-11,13-16H2,1H3/t25-,26-/m0/s1. The Morgan fingerprint density at radius 3 is 2.84 bits per heavy atom. The van der Waals surface area contributed by atoms with Gasteiger partial charge in [0, 0.05) is 52.4 Å². The molecule has 1 aromatic heterocycles. The highest BCUT2D eigenvalue weighted by Gasteiger charge is 2.58. The Morgan fingerprint density at radius 2 is 2.03 bits per heavy atom. The number of aliphatic hydroxyl groups is 1. The van der Waals surface area contributed by atoms with Crippen LogP contribution in [0.2, 0.25) is 0 Å². The average molecular weight is 481 g/mol. The third kappa shape index (κ3) is 3.08. The van der Waals surface area contributed by atoms with E-state index in [1.807, 2.05) is 6.07 Å². The molecule has 1 saturated carbocycles. The Kier molecular flexibility index (Phi) is 4.54. The van der Waals surface area contributed by atoms with Gasteiger partial charge in [-0.05, 0) is 67.1 Å². The molecular weight excluding hydrogens is 452 g/mol. The molecule has 0 spiro atoms. The molecule has 0 amide bonds. The molecule has 5 heteroatoms. The van der Waals surface area contributed by atoms with Crippen LogP contribution in [0.15, 0.2) is 46.9 Å². The number of H-pyrrole nitrogens is 1. The first-order chi connectivity index (χ1) is 15.0. The van der Waals surface area contributed by atoms with Crippen molar-refractivity contribution in [1.29, 1.82) is 0 Å². The van der Waals surface area contributed by atoms with Gasteiger partial charge >= 0.3 is 0 Å². The molecule has 2 atom stereocenters. The summed E-state index contributed by atoms with van der Waals surface area (Å²) in [6.45, 7) is 2.90. The first-order valence-electron chi connectivity index (χ1n) is 11.4. The summed E-state index contributed by atoms with van der Waals surface area (Å²) in [4.78, 5) is 6.22. The number of aromatic amines is 1. The van der Waals surface area contributed by atoms with Crippen molar-refractivity contribution in [2.75, 3.05) is 26.7 Å². The maximum Gasteiger partial charge on any atom is 0.119 e. The Balaban J connectivity index is 1.50. The minimum atomic E-state index is -0.816. The molecule has 3 aliphatic rings. The zero-order chi connectivity index (χ0) is 21.2. The van der Waals surface area contributed by atoms with E-state index in [0.717, 1.165) is 54.1 Å². The molecule has 4 nitrogen and oxygen atoms in total. The van der Waals surface area contributed by atoms with Crippen molar-refractivity contribution in [3.8, 4) is 5.75 Å². The summed E-state index contributed by atoms with van der Waals surface area (Å²) >= 11 is 3.76. The maximum absolute atomic E-state index is 12.5. The number of likely N-dealkylation sites (tertiary alicyclic amines) is 1. The first-order valence-corrected chi connectivity index (χ1v) is 12.2. The van der Waals surface area contributed by atoms with E-state index in [2.05, 4.69) is 62.2 Å². The van der Waals surface area contributed by atoms with Gasteiger partial charge in [-0.3, -0.25) is 0 Å². The first kappa shape index (κ1) is 19.8. The molecule has 1 aliphatic heterocycles. The molecule has 0 radical (unpaired) electrons. The number of halogens is 1. The molecule has 0 bridgehead atoms. The summed E-state index contributed by atoms with van der Waals surface area (Å²) in [6.07, 6.45) is 5.14. The molecule has 2 N–H and O–H groups in total. The van der Waals surface area contributed by atoms with Gasteiger partial charge in [-0.25, -0.2) is 0 Å². The Hall–Kier alpha value is -1.82. The lowest BCUT2D eigenvalue weighted by atomic mass is 9.56. The van der Waals surface area contributed by atoms with Gasteiger partial charge in [0.05, 0.1) is 12.7 Å². The van der Waals surface area contributed by atoms with E-state index in [1.54, 1.807) is 7.11 Å². The second kappa shape index (κ2) is 7.09. The number of nitrogens with zero attached hydrogens (tertiary/aromatic N) is 1. The van der Waals surface area contributed by atoms with Crippen molar-refractivity contribution < 1.29 is 9.84 Å². The van der Waals surface area contributed by atoms with Crippen LogP contribution in [-0.4, -0.2) is 47.3 Å². The fourth-order valence-electron chi connectivity index (χ4n) is 6.18. The number of hydrogen-bond donors (Lipinski definition) is 2. The van der Waals surface area contributed by atoms with Gasteiger partial charge in [0.2, 0.25) is 0 Å². The predicted molar refractivity (Wildman–Crippen MR) is 127 cm³/mol. The molecule has 162 valence electrons. The normalized spacial score (nSPS) is 28.4. The number of fused-ring (bicyclic) bond motifs is 4. The Labute approximate surface area is 191 Å². The molecule has 6 rings (SSSR count). The SMILES string of the molecule is COc1cccc([C@@]23CCN(CC4CC4)C[C@@]2(O)Cc2c([nH]c4cccc(Br)c24)C3)c1. The van der Waals surface area contributed by atoms with Crippen LogP contribution < -0.4 is 4.74 Å². The van der Waals surface area contributed by atoms with Gasteiger partial charge in [0.25, 0.3) is 0 Å². The van der Waals surface area contributed by atoms with Crippen molar-refractivity contribution in [1.82, 2.24) is 9.88 Å². The zero-order valence-electron chi connectivity index (χ0n) is 18.0. The second-order valence-electron chi connectivity index (χ2n) is 9.87. The van der Waals surface area contributed by atoms with Gasteiger partial charge in [-0.2, -0.15) is 0 Å². The number of hydrogen-bond acceptors (Lipinski definition) is 3. The van der Waals surface area contributed by atoms with E-state index < -0.39 is 5.60 Å². The number of piperidine rings is 1. The molecule has 2 aliphatic carbocycles. The smallest absolute Gasteiger partial charge is 0.119 e. The van der Waals surface area contributed by atoms with Gasteiger partial charge in [0.15, 0.2) is 0 Å². The van der Waals surface area contributed by atoms with E-state index in [1.165, 1.54) is 35.0 Å². The van der Waals surface area contributed by atoms with Crippen molar-refractivity contribution in [3.63, 3.8) is 0 Å². The zero-order valence-corrected chi connectivity index (χ0v) is 19.5. The highest BCUT2D eigenvalue weighted by molar-refractivity contribution is 9.10. The number of methoxy groups -OCH3 is 1. The lowest BCUT2D eigenvalue weighted by molar-refractivity contribution is -0.103.